The number of hydrogen-bond acceptors (Lipinski definition) is 3. The van der Waals surface area contributed by atoms with Crippen molar-refractivity contribution in [2.45, 2.75) is 0 Å². The van der Waals surface area contributed by atoms with E-state index in [0.29, 0.717) is 0 Å². The normalized spacial score (nSPS) is 10.7. The Morgan fingerprint density at radius 1 is 1.55 bits per heavy atom. The van der Waals surface area contributed by atoms with E-state index in [1.54, 1.807) is 0 Å². The van der Waals surface area contributed by atoms with Gasteiger partial charge in [-0.25, -0.2) is 0 Å². The molecule has 0 aromatic rings. The summed E-state index contributed by atoms with van der Waals surface area (Å²) in [7, 11) is -4.30. The van der Waals surface area contributed by atoms with Crippen LogP contribution in [0.3, 0.4) is 0 Å². The molecule has 6 nitrogen and oxygen atoms in total. The van der Waals surface area contributed by atoms with Crippen LogP contribution in [0.4, 0.5) is 0 Å². The molecule has 0 aliphatic rings. The summed E-state index contributed by atoms with van der Waals surface area (Å²) in [5.41, 5.74) is 0. The summed E-state index contributed by atoms with van der Waals surface area (Å²) in [6.45, 7) is -0.348. The average molecular weight is 180 g/mol. The number of rotatable bonds is 4. The Morgan fingerprint density at radius 3 is 2.45 bits per heavy atom. The molecule has 3 N–H and O–H groups in total. The lowest BCUT2D eigenvalue weighted by atomic mass is 10.6. The van der Waals surface area contributed by atoms with Gasteiger partial charge in [0, 0.05) is 0 Å². The fourth-order valence-electron chi connectivity index (χ4n) is 0.378. The van der Waals surface area contributed by atoms with Crippen LogP contribution in [0.1, 0.15) is 0 Å². The second-order valence-electron chi connectivity index (χ2n) is 1.74. The maximum absolute atomic E-state index is 10.4. The van der Waals surface area contributed by atoms with Gasteiger partial charge in [-0.3, -0.25) is 14.2 Å². The molecule has 0 aliphatic carbocycles. The fraction of sp³-hybridized carbons (Fsp3) is 0.500. The summed E-state index contributed by atoms with van der Waals surface area (Å²) in [5, 5.41) is 1.93. The standard InChI is InChI=1S/C4H7NO5P/c6-2-1-5-4(7)3-11(8,9)10/h1,3H2,(H,5,7)(H2,8,9,10). The van der Waals surface area contributed by atoms with E-state index in [1.165, 1.54) is 6.29 Å². The summed E-state index contributed by atoms with van der Waals surface area (Å²) >= 11 is 0. The molecular formula is C4H7NO5P. The Labute approximate surface area is 62.8 Å². The van der Waals surface area contributed by atoms with Gasteiger partial charge in [0.15, 0.2) is 0 Å². The highest BCUT2D eigenvalue weighted by Gasteiger charge is 2.18. The van der Waals surface area contributed by atoms with Crippen LogP contribution in [0.5, 0.6) is 0 Å². The minimum atomic E-state index is -4.30. The Morgan fingerprint density at radius 2 is 2.09 bits per heavy atom. The molecule has 0 aliphatic heterocycles. The van der Waals surface area contributed by atoms with Gasteiger partial charge in [-0.15, -0.1) is 0 Å². The van der Waals surface area contributed by atoms with Crippen LogP contribution in [0.15, 0.2) is 0 Å². The molecule has 0 aromatic carbocycles. The van der Waals surface area contributed by atoms with Crippen molar-refractivity contribution in [3.8, 4) is 0 Å². The zero-order valence-corrected chi connectivity index (χ0v) is 6.38. The molecule has 0 atom stereocenters. The van der Waals surface area contributed by atoms with Crippen LogP contribution in [0, 0.1) is 0 Å². The van der Waals surface area contributed by atoms with Crippen LogP contribution in [0.25, 0.3) is 0 Å². The number of carbonyl (C=O) groups is 1. The molecule has 63 valence electrons. The first kappa shape index (κ1) is 10.3. The van der Waals surface area contributed by atoms with Gasteiger partial charge in [-0.05, 0) is 0 Å². The first-order valence-electron chi connectivity index (χ1n) is 2.62. The third kappa shape index (κ3) is 7.18. The van der Waals surface area contributed by atoms with Crippen LogP contribution in [-0.4, -0.2) is 34.7 Å². The molecule has 0 heterocycles. The topological polar surface area (TPSA) is 104 Å². The molecule has 11 heavy (non-hydrogen) atoms. The fourth-order valence-corrected chi connectivity index (χ4v) is 0.864. The number of amides is 1. The molecule has 1 radical (unpaired) electrons. The van der Waals surface area contributed by atoms with Crippen LogP contribution in [0.2, 0.25) is 0 Å². The minimum absolute atomic E-state index is 0.348. The zero-order valence-electron chi connectivity index (χ0n) is 5.48. The Bertz CT molecular complexity index is 197. The number of nitrogens with one attached hydrogen (secondary N) is 1. The summed E-state index contributed by atoms with van der Waals surface area (Å²) in [6, 6.07) is 0. The molecule has 0 saturated heterocycles. The maximum atomic E-state index is 10.4. The first-order valence-corrected chi connectivity index (χ1v) is 4.42. The average Bonchev–Trinajstić information content (AvgIpc) is 1.79. The molecule has 0 bridgehead atoms. The molecule has 0 saturated carbocycles. The molecule has 0 fully saturated rings. The lowest BCUT2D eigenvalue weighted by Gasteiger charge is -2.01. The summed E-state index contributed by atoms with van der Waals surface area (Å²) < 4.78 is 10.1. The monoisotopic (exact) mass is 180 g/mol. The van der Waals surface area contributed by atoms with Crippen molar-refractivity contribution in [2.75, 3.05) is 12.7 Å². The SMILES string of the molecule is O=[C]CNC(=O)CP(=O)(O)O. The third-order valence-electron chi connectivity index (χ3n) is 0.707. The lowest BCUT2D eigenvalue weighted by molar-refractivity contribution is -0.118. The molecule has 0 rings (SSSR count). The summed E-state index contributed by atoms with van der Waals surface area (Å²) in [6.07, 6.45) is 0.455. The van der Waals surface area contributed by atoms with Gasteiger partial charge in [0.1, 0.15) is 6.16 Å². The van der Waals surface area contributed by atoms with E-state index in [1.807, 2.05) is 5.32 Å². The van der Waals surface area contributed by atoms with E-state index in [4.69, 9.17) is 9.79 Å². The van der Waals surface area contributed by atoms with E-state index in [2.05, 4.69) is 0 Å². The Kier molecular flexibility index (Phi) is 3.95. The van der Waals surface area contributed by atoms with Gasteiger partial charge >= 0.3 is 7.60 Å². The first-order chi connectivity index (χ1) is 4.95. The van der Waals surface area contributed by atoms with E-state index < -0.39 is 19.7 Å². The van der Waals surface area contributed by atoms with Crippen molar-refractivity contribution < 1.29 is 23.9 Å². The minimum Gasteiger partial charge on any atom is -0.348 e. The molecule has 0 spiro atoms. The van der Waals surface area contributed by atoms with Crippen molar-refractivity contribution in [3.63, 3.8) is 0 Å². The smallest absolute Gasteiger partial charge is 0.334 e. The number of carbonyl (C=O) groups excluding carboxylic acids is 2. The molecule has 7 heteroatoms. The van der Waals surface area contributed by atoms with Crippen molar-refractivity contribution in [3.05, 3.63) is 0 Å². The molecule has 1 amide bonds. The maximum Gasteiger partial charge on any atom is 0.334 e. The molecule has 0 unspecified atom stereocenters. The van der Waals surface area contributed by atoms with Crippen molar-refractivity contribution in [2.24, 2.45) is 0 Å². The van der Waals surface area contributed by atoms with E-state index in [9.17, 15) is 14.2 Å². The van der Waals surface area contributed by atoms with Gasteiger partial charge in [-0.1, -0.05) is 0 Å². The highest BCUT2D eigenvalue weighted by molar-refractivity contribution is 7.52. The summed E-state index contributed by atoms with van der Waals surface area (Å²) in [4.78, 5) is 36.5. The third-order valence-corrected chi connectivity index (χ3v) is 1.41. The van der Waals surface area contributed by atoms with Crippen LogP contribution in [-0.2, 0) is 14.2 Å². The van der Waals surface area contributed by atoms with E-state index >= 15 is 0 Å². The van der Waals surface area contributed by atoms with Gasteiger partial charge in [0.05, 0.1) is 6.54 Å². The van der Waals surface area contributed by atoms with Gasteiger partial charge < -0.3 is 15.1 Å². The van der Waals surface area contributed by atoms with Crippen molar-refractivity contribution in [1.29, 1.82) is 0 Å². The van der Waals surface area contributed by atoms with Crippen LogP contribution >= 0.6 is 7.60 Å². The Balaban J connectivity index is 3.70. The van der Waals surface area contributed by atoms with Crippen molar-refractivity contribution >= 4 is 19.8 Å². The quantitative estimate of drug-likeness (QED) is 0.451. The van der Waals surface area contributed by atoms with E-state index in [-0.39, 0.29) is 6.54 Å². The predicted molar refractivity (Wildman–Crippen MR) is 35.6 cm³/mol. The largest absolute Gasteiger partial charge is 0.348 e. The predicted octanol–water partition coefficient (Wildman–Crippen LogP) is -1.61. The zero-order chi connectivity index (χ0) is 8.91. The molecule has 0 aromatic heterocycles. The second kappa shape index (κ2) is 4.23. The highest BCUT2D eigenvalue weighted by atomic mass is 31.2. The summed E-state index contributed by atoms with van der Waals surface area (Å²) in [5.74, 6) is -0.860. The van der Waals surface area contributed by atoms with Gasteiger partial charge in [0.2, 0.25) is 12.2 Å². The lowest BCUT2D eigenvalue weighted by Crippen LogP contribution is -2.27. The van der Waals surface area contributed by atoms with Gasteiger partial charge in [-0.2, -0.15) is 0 Å². The van der Waals surface area contributed by atoms with Crippen LogP contribution < -0.4 is 5.32 Å². The van der Waals surface area contributed by atoms with E-state index in [0.717, 1.165) is 0 Å². The van der Waals surface area contributed by atoms with Gasteiger partial charge in [0.25, 0.3) is 0 Å². The highest BCUT2D eigenvalue weighted by Crippen LogP contribution is 2.33. The van der Waals surface area contributed by atoms with Crippen molar-refractivity contribution in [1.82, 2.24) is 5.32 Å². The second-order valence-corrected chi connectivity index (χ2v) is 3.39. The number of hydrogen-bond donors (Lipinski definition) is 3. The Hall–Kier alpha value is -0.710. The molecular weight excluding hydrogens is 173 g/mol.